The van der Waals surface area contributed by atoms with Crippen LogP contribution in [-0.2, 0) is 9.47 Å². The minimum absolute atomic E-state index is 0.0537. The van der Waals surface area contributed by atoms with Gasteiger partial charge in [0.2, 0.25) is 0 Å². The van der Waals surface area contributed by atoms with Gasteiger partial charge in [0, 0.05) is 13.2 Å². The van der Waals surface area contributed by atoms with Crippen molar-refractivity contribution in [1.29, 1.82) is 0 Å². The molecule has 0 unspecified atom stereocenters. The van der Waals surface area contributed by atoms with Gasteiger partial charge in [-0.15, -0.1) is 0 Å². The first-order valence-electron chi connectivity index (χ1n) is 5.64. The van der Waals surface area contributed by atoms with Crippen molar-refractivity contribution >= 4 is 6.09 Å². The second kappa shape index (κ2) is 5.50. The molecule has 1 heterocycles. The number of aliphatic hydroxyl groups excluding tert-OH is 1. The largest absolute Gasteiger partial charge is 0.444 e. The maximum absolute atomic E-state index is 11.5. The Morgan fingerprint density at radius 2 is 2.25 bits per heavy atom. The molecule has 1 saturated heterocycles. The van der Waals surface area contributed by atoms with Gasteiger partial charge < -0.3 is 19.9 Å². The van der Waals surface area contributed by atoms with E-state index in [0.717, 1.165) is 6.42 Å². The van der Waals surface area contributed by atoms with Crippen LogP contribution in [0.4, 0.5) is 4.79 Å². The molecular formula is C11H21NO4. The highest BCUT2D eigenvalue weighted by Gasteiger charge is 2.30. The molecule has 1 aliphatic heterocycles. The lowest BCUT2D eigenvalue weighted by Crippen LogP contribution is -2.43. The monoisotopic (exact) mass is 231 g/mol. The Kier molecular flexibility index (Phi) is 4.56. The van der Waals surface area contributed by atoms with Crippen LogP contribution in [0.3, 0.4) is 0 Å². The molecule has 2 atom stereocenters. The molecular weight excluding hydrogens is 210 g/mol. The Labute approximate surface area is 96.1 Å². The third kappa shape index (κ3) is 4.37. The molecule has 0 bridgehead atoms. The van der Waals surface area contributed by atoms with E-state index in [1.807, 2.05) is 20.8 Å². The zero-order valence-electron chi connectivity index (χ0n) is 10.2. The smallest absolute Gasteiger partial charge is 0.407 e. The molecule has 2 N–H and O–H groups in total. The second-order valence-electron chi connectivity index (χ2n) is 4.96. The third-order valence-corrected chi connectivity index (χ3v) is 2.33. The van der Waals surface area contributed by atoms with Crippen molar-refractivity contribution in [1.82, 2.24) is 5.32 Å². The zero-order valence-corrected chi connectivity index (χ0v) is 10.2. The van der Waals surface area contributed by atoms with E-state index in [4.69, 9.17) is 14.6 Å². The van der Waals surface area contributed by atoms with Crippen LogP contribution in [-0.4, -0.2) is 42.2 Å². The van der Waals surface area contributed by atoms with Crippen LogP contribution in [0.5, 0.6) is 0 Å². The van der Waals surface area contributed by atoms with Crippen LogP contribution in [0.1, 0.15) is 33.6 Å². The zero-order chi connectivity index (χ0) is 12.2. The van der Waals surface area contributed by atoms with Crippen LogP contribution in [0.2, 0.25) is 0 Å². The van der Waals surface area contributed by atoms with Crippen molar-refractivity contribution < 1.29 is 19.4 Å². The fraction of sp³-hybridized carbons (Fsp3) is 0.909. The summed E-state index contributed by atoms with van der Waals surface area (Å²) in [6, 6.07) is -0.0537. The SMILES string of the molecule is CC(C)(C)OC(=O)N[C@@H]1CCO[C@@H]1CCO. The molecule has 5 heteroatoms. The number of alkyl carbamates (subject to hydrolysis) is 1. The summed E-state index contributed by atoms with van der Waals surface area (Å²) in [5.41, 5.74) is -0.490. The predicted molar refractivity (Wildman–Crippen MR) is 59.2 cm³/mol. The standard InChI is InChI=1S/C11H21NO4/c1-11(2,3)16-10(14)12-8-5-7-15-9(8)4-6-13/h8-9,13H,4-7H2,1-3H3,(H,12,14)/t8-,9-/m1/s1. The molecule has 0 aromatic carbocycles. The Morgan fingerprint density at radius 1 is 1.56 bits per heavy atom. The maximum atomic E-state index is 11.5. The summed E-state index contributed by atoms with van der Waals surface area (Å²) in [5.74, 6) is 0. The van der Waals surface area contributed by atoms with Gasteiger partial charge in [-0.3, -0.25) is 0 Å². The fourth-order valence-corrected chi connectivity index (χ4v) is 1.68. The Balaban J connectivity index is 2.38. The highest BCUT2D eigenvalue weighted by molar-refractivity contribution is 5.68. The van der Waals surface area contributed by atoms with Crippen LogP contribution in [0.25, 0.3) is 0 Å². The molecule has 1 fully saturated rings. The van der Waals surface area contributed by atoms with Crippen molar-refractivity contribution in [2.75, 3.05) is 13.2 Å². The van der Waals surface area contributed by atoms with Crippen molar-refractivity contribution in [2.45, 2.75) is 51.4 Å². The second-order valence-corrected chi connectivity index (χ2v) is 4.96. The number of aliphatic hydroxyl groups is 1. The fourth-order valence-electron chi connectivity index (χ4n) is 1.68. The van der Waals surface area contributed by atoms with Gasteiger partial charge in [0.1, 0.15) is 5.60 Å². The van der Waals surface area contributed by atoms with E-state index in [0.29, 0.717) is 13.0 Å². The van der Waals surface area contributed by atoms with E-state index in [9.17, 15) is 4.79 Å². The average Bonchev–Trinajstić information content (AvgIpc) is 2.50. The number of carbonyl (C=O) groups is 1. The first kappa shape index (κ1) is 13.3. The van der Waals surface area contributed by atoms with E-state index in [1.165, 1.54) is 0 Å². The average molecular weight is 231 g/mol. The number of hydrogen-bond acceptors (Lipinski definition) is 4. The number of hydrogen-bond donors (Lipinski definition) is 2. The lowest BCUT2D eigenvalue weighted by Gasteiger charge is -2.23. The van der Waals surface area contributed by atoms with Gasteiger partial charge in [-0.2, -0.15) is 0 Å². The van der Waals surface area contributed by atoms with Crippen LogP contribution in [0.15, 0.2) is 0 Å². The molecule has 0 spiro atoms. The first-order chi connectivity index (χ1) is 7.42. The Hall–Kier alpha value is -0.810. The predicted octanol–water partition coefficient (Wildman–Crippen LogP) is 1.05. The molecule has 0 aromatic rings. The van der Waals surface area contributed by atoms with Gasteiger partial charge in [0.05, 0.1) is 12.1 Å². The van der Waals surface area contributed by atoms with Gasteiger partial charge in [-0.25, -0.2) is 4.79 Å². The summed E-state index contributed by atoms with van der Waals surface area (Å²) in [4.78, 5) is 11.5. The Bertz CT molecular complexity index is 237. The van der Waals surface area contributed by atoms with Gasteiger partial charge in [-0.05, 0) is 33.6 Å². The summed E-state index contributed by atoms with van der Waals surface area (Å²) in [5, 5.41) is 11.6. The highest BCUT2D eigenvalue weighted by Crippen LogP contribution is 2.17. The molecule has 16 heavy (non-hydrogen) atoms. The van der Waals surface area contributed by atoms with Crippen LogP contribution < -0.4 is 5.32 Å². The van der Waals surface area contributed by atoms with Gasteiger partial charge >= 0.3 is 6.09 Å². The molecule has 5 nitrogen and oxygen atoms in total. The number of rotatable bonds is 3. The molecule has 0 aromatic heterocycles. The van der Waals surface area contributed by atoms with E-state index >= 15 is 0 Å². The Morgan fingerprint density at radius 3 is 2.81 bits per heavy atom. The maximum Gasteiger partial charge on any atom is 0.407 e. The van der Waals surface area contributed by atoms with Crippen molar-refractivity contribution in [2.24, 2.45) is 0 Å². The van der Waals surface area contributed by atoms with Crippen molar-refractivity contribution in [3.05, 3.63) is 0 Å². The molecule has 94 valence electrons. The quantitative estimate of drug-likeness (QED) is 0.762. The first-order valence-corrected chi connectivity index (χ1v) is 5.64. The number of amides is 1. The minimum Gasteiger partial charge on any atom is -0.444 e. The lowest BCUT2D eigenvalue weighted by molar-refractivity contribution is 0.0413. The van der Waals surface area contributed by atoms with E-state index in [1.54, 1.807) is 0 Å². The van der Waals surface area contributed by atoms with Gasteiger partial charge in [0.25, 0.3) is 0 Å². The molecule has 0 aliphatic carbocycles. The summed E-state index contributed by atoms with van der Waals surface area (Å²) < 4.78 is 10.6. The van der Waals surface area contributed by atoms with Gasteiger partial charge in [-0.1, -0.05) is 0 Å². The molecule has 0 saturated carbocycles. The van der Waals surface area contributed by atoms with E-state index in [2.05, 4.69) is 5.32 Å². The van der Waals surface area contributed by atoms with E-state index in [-0.39, 0.29) is 18.8 Å². The number of nitrogens with one attached hydrogen (secondary N) is 1. The highest BCUT2D eigenvalue weighted by atomic mass is 16.6. The summed E-state index contributed by atoms with van der Waals surface area (Å²) in [6.07, 6.45) is 0.785. The van der Waals surface area contributed by atoms with Gasteiger partial charge in [0.15, 0.2) is 0 Å². The topological polar surface area (TPSA) is 67.8 Å². The molecule has 1 rings (SSSR count). The lowest BCUT2D eigenvalue weighted by atomic mass is 10.1. The third-order valence-electron chi connectivity index (χ3n) is 2.33. The summed E-state index contributed by atoms with van der Waals surface area (Å²) in [7, 11) is 0. The molecule has 0 radical (unpaired) electrons. The summed E-state index contributed by atoms with van der Waals surface area (Å²) >= 11 is 0. The van der Waals surface area contributed by atoms with E-state index < -0.39 is 11.7 Å². The number of carbonyl (C=O) groups excluding carboxylic acids is 1. The number of ether oxygens (including phenoxy) is 2. The minimum atomic E-state index is -0.490. The van der Waals surface area contributed by atoms with Crippen molar-refractivity contribution in [3.63, 3.8) is 0 Å². The normalized spacial score (nSPS) is 25.5. The van der Waals surface area contributed by atoms with Crippen molar-refractivity contribution in [3.8, 4) is 0 Å². The van der Waals surface area contributed by atoms with Crippen LogP contribution in [0, 0.1) is 0 Å². The summed E-state index contributed by atoms with van der Waals surface area (Å²) in [6.45, 7) is 6.15. The molecule has 1 aliphatic rings. The molecule has 1 amide bonds. The van der Waals surface area contributed by atoms with Crippen LogP contribution >= 0.6 is 0 Å².